The lowest BCUT2D eigenvalue weighted by atomic mass is 10.0. The average molecular weight is 542 g/mol. The lowest BCUT2D eigenvalue weighted by Crippen LogP contribution is -2.18. The number of alkyl halides is 2. The van der Waals surface area contributed by atoms with Gasteiger partial charge in [0.1, 0.15) is 5.69 Å². The van der Waals surface area contributed by atoms with Gasteiger partial charge in [-0.25, -0.2) is 8.78 Å². The predicted octanol–water partition coefficient (Wildman–Crippen LogP) is 8.29. The predicted molar refractivity (Wildman–Crippen MR) is 156 cm³/mol. The summed E-state index contributed by atoms with van der Waals surface area (Å²) in [5.74, 6) is 0. The number of aryl methyl sites for hydroxylation is 1. The number of rotatable bonds is 5. The molecular formula is C31H29F2N5S. The number of nitrogens with one attached hydrogen (secondary N) is 2. The number of benzene rings is 2. The largest absolute Gasteiger partial charge is 0.353 e. The Morgan fingerprint density at radius 3 is 2.54 bits per heavy atom. The highest BCUT2D eigenvalue weighted by molar-refractivity contribution is 7.15. The Hall–Kier alpha value is -3.88. The lowest BCUT2D eigenvalue weighted by Gasteiger charge is -2.14. The third kappa shape index (κ3) is 5.22. The van der Waals surface area contributed by atoms with Crippen LogP contribution in [0.2, 0.25) is 0 Å². The van der Waals surface area contributed by atoms with E-state index in [0.717, 1.165) is 45.5 Å². The van der Waals surface area contributed by atoms with Gasteiger partial charge in [0.05, 0.1) is 11.2 Å². The van der Waals surface area contributed by atoms with Crippen LogP contribution in [0.4, 0.5) is 8.78 Å². The van der Waals surface area contributed by atoms with E-state index in [4.69, 9.17) is 5.10 Å². The van der Waals surface area contributed by atoms with Crippen molar-refractivity contribution in [1.82, 2.24) is 25.1 Å². The first-order valence-corrected chi connectivity index (χ1v) is 13.9. The molecule has 5 heterocycles. The van der Waals surface area contributed by atoms with Gasteiger partial charge in [-0.05, 0) is 86.4 Å². The van der Waals surface area contributed by atoms with E-state index in [1.54, 1.807) is 0 Å². The van der Waals surface area contributed by atoms with E-state index in [1.165, 1.54) is 52.2 Å². The van der Waals surface area contributed by atoms with Crippen LogP contribution in [0.1, 0.15) is 23.3 Å². The van der Waals surface area contributed by atoms with Crippen LogP contribution >= 0.6 is 11.3 Å². The van der Waals surface area contributed by atoms with Crippen LogP contribution in [0.15, 0.2) is 73.1 Å². The molecule has 0 unspecified atom stereocenters. The highest BCUT2D eigenvalue weighted by atomic mass is 32.1. The minimum atomic E-state index is -1.75. The van der Waals surface area contributed by atoms with E-state index in [0.29, 0.717) is 0 Å². The Balaban J connectivity index is 0.000000883. The van der Waals surface area contributed by atoms with Gasteiger partial charge in [-0.15, -0.1) is 11.3 Å². The molecule has 0 aliphatic carbocycles. The number of aromatic nitrogens is 4. The summed E-state index contributed by atoms with van der Waals surface area (Å²) < 4.78 is 19.2. The van der Waals surface area contributed by atoms with Gasteiger partial charge in [0, 0.05) is 56.1 Å². The van der Waals surface area contributed by atoms with Crippen molar-refractivity contribution in [3.8, 4) is 33.0 Å². The van der Waals surface area contributed by atoms with Gasteiger partial charge in [-0.1, -0.05) is 18.2 Å². The van der Waals surface area contributed by atoms with Gasteiger partial charge in [0.15, 0.2) is 0 Å². The summed E-state index contributed by atoms with van der Waals surface area (Å²) in [6, 6.07) is 21.9. The van der Waals surface area contributed by atoms with Gasteiger partial charge in [-0.2, -0.15) is 5.10 Å². The fourth-order valence-electron chi connectivity index (χ4n) is 5.41. The maximum absolute atomic E-state index is 9.62. The molecule has 5 nitrogen and oxygen atoms in total. The van der Waals surface area contributed by atoms with Crippen molar-refractivity contribution in [2.24, 2.45) is 0 Å². The Morgan fingerprint density at radius 2 is 1.74 bits per heavy atom. The van der Waals surface area contributed by atoms with E-state index in [-0.39, 0.29) is 0 Å². The van der Waals surface area contributed by atoms with Crippen LogP contribution in [0.3, 0.4) is 0 Å². The maximum Gasteiger partial charge on any atom is 0.229 e. The van der Waals surface area contributed by atoms with Gasteiger partial charge in [0.25, 0.3) is 0 Å². The van der Waals surface area contributed by atoms with Crippen molar-refractivity contribution in [3.63, 3.8) is 0 Å². The number of pyridine rings is 1. The molecule has 0 amide bonds. The number of thiophene rings is 1. The normalized spacial score (nSPS) is 13.7. The first-order valence-electron chi connectivity index (χ1n) is 13.1. The van der Waals surface area contributed by atoms with Crippen LogP contribution in [0.5, 0.6) is 0 Å². The van der Waals surface area contributed by atoms with E-state index < -0.39 is 6.93 Å². The van der Waals surface area contributed by atoms with Crippen LogP contribution in [0, 0.1) is 6.92 Å². The fraction of sp³-hybridized carbons (Fsp3) is 0.226. The molecule has 39 heavy (non-hydrogen) atoms. The molecule has 8 heteroatoms. The lowest BCUT2D eigenvalue weighted by molar-refractivity contribution is 0.295. The summed E-state index contributed by atoms with van der Waals surface area (Å²) in [4.78, 5) is 13.3. The van der Waals surface area contributed by atoms with E-state index in [9.17, 15) is 8.78 Å². The molecule has 2 aromatic carbocycles. The van der Waals surface area contributed by atoms with Crippen molar-refractivity contribution in [3.05, 3.63) is 83.5 Å². The number of likely N-dealkylation sites (tertiary alicyclic amines) is 1. The highest BCUT2D eigenvalue weighted by Crippen LogP contribution is 2.37. The summed E-state index contributed by atoms with van der Waals surface area (Å²) in [5.41, 5.74) is 8.96. The monoisotopic (exact) mass is 541 g/mol. The standard InChI is InChI=1S/C30H27N5S.CH2F2/c1-19-7-10-29(36-19)23-5-4-6-26-24(23)15-28(32-26)30-25-14-21(8-9-27(25)33-34-30)22-13-20(16-31-17-22)18-35-11-2-3-12-35;2-1-3/h4-10,13-17,32H,2-3,11-12,18H2,1H3,(H,33,34);1H2. The third-order valence-electron chi connectivity index (χ3n) is 7.22. The fourth-order valence-corrected chi connectivity index (χ4v) is 6.31. The molecule has 0 radical (unpaired) electrons. The summed E-state index contributed by atoms with van der Waals surface area (Å²) in [7, 11) is 0. The van der Waals surface area contributed by atoms with Crippen molar-refractivity contribution in [1.29, 1.82) is 0 Å². The SMILES string of the molecule is Cc1ccc(-c2cccc3[nH]c(-c4n[nH]c5ccc(-c6cncc(CN7CCCC7)c6)cc45)cc23)s1.FCF. The molecule has 4 aromatic heterocycles. The molecule has 1 fully saturated rings. The quantitative estimate of drug-likeness (QED) is 0.231. The van der Waals surface area contributed by atoms with Gasteiger partial charge < -0.3 is 4.98 Å². The summed E-state index contributed by atoms with van der Waals surface area (Å²) >= 11 is 1.83. The average Bonchev–Trinajstić information content (AvgIpc) is 3.75. The Morgan fingerprint density at radius 1 is 0.897 bits per heavy atom. The molecule has 7 rings (SSSR count). The zero-order chi connectivity index (χ0) is 26.8. The molecule has 198 valence electrons. The Labute approximate surface area is 229 Å². The van der Waals surface area contributed by atoms with E-state index in [2.05, 4.69) is 87.6 Å². The molecule has 0 saturated carbocycles. The minimum Gasteiger partial charge on any atom is -0.353 e. The molecule has 2 N–H and O–H groups in total. The van der Waals surface area contributed by atoms with Crippen molar-refractivity contribution in [2.45, 2.75) is 26.3 Å². The number of aromatic amines is 2. The van der Waals surface area contributed by atoms with Gasteiger partial charge in [-0.3, -0.25) is 15.0 Å². The van der Waals surface area contributed by atoms with E-state index in [1.807, 2.05) is 23.7 Å². The minimum absolute atomic E-state index is 0.942. The molecule has 1 aliphatic heterocycles. The number of nitrogens with zero attached hydrogens (tertiary/aromatic N) is 3. The van der Waals surface area contributed by atoms with Crippen molar-refractivity contribution in [2.75, 3.05) is 20.0 Å². The number of H-pyrrole nitrogens is 2. The Kier molecular flexibility index (Phi) is 7.22. The number of halogens is 2. The van der Waals surface area contributed by atoms with Crippen LogP contribution in [-0.4, -0.2) is 45.1 Å². The molecule has 1 saturated heterocycles. The second-order valence-electron chi connectivity index (χ2n) is 9.86. The molecule has 6 aromatic rings. The topological polar surface area (TPSA) is 60.6 Å². The zero-order valence-corrected chi connectivity index (χ0v) is 22.5. The van der Waals surface area contributed by atoms with Crippen molar-refractivity contribution >= 4 is 33.1 Å². The van der Waals surface area contributed by atoms with Crippen LogP contribution < -0.4 is 0 Å². The van der Waals surface area contributed by atoms with E-state index >= 15 is 0 Å². The highest BCUT2D eigenvalue weighted by Gasteiger charge is 2.16. The third-order valence-corrected chi connectivity index (χ3v) is 8.25. The first kappa shape index (κ1) is 25.4. The molecular weight excluding hydrogens is 512 g/mol. The summed E-state index contributed by atoms with van der Waals surface area (Å²) in [6.07, 6.45) is 6.57. The first-order chi connectivity index (χ1) is 19.1. The molecule has 0 atom stereocenters. The van der Waals surface area contributed by atoms with Crippen LogP contribution in [0.25, 0.3) is 54.8 Å². The zero-order valence-electron chi connectivity index (χ0n) is 21.7. The van der Waals surface area contributed by atoms with Crippen molar-refractivity contribution < 1.29 is 8.78 Å². The Bertz CT molecular complexity index is 1730. The molecule has 0 bridgehead atoms. The number of hydrogen-bond acceptors (Lipinski definition) is 4. The smallest absolute Gasteiger partial charge is 0.229 e. The second kappa shape index (κ2) is 11.1. The number of fused-ring (bicyclic) bond motifs is 2. The van der Waals surface area contributed by atoms with Crippen LogP contribution in [-0.2, 0) is 6.54 Å². The summed E-state index contributed by atoms with van der Waals surface area (Å²) in [6.45, 7) is 3.75. The van der Waals surface area contributed by atoms with Gasteiger partial charge in [0.2, 0.25) is 6.93 Å². The molecule has 0 spiro atoms. The second-order valence-corrected chi connectivity index (χ2v) is 11.1. The maximum atomic E-state index is 9.62. The number of hydrogen-bond donors (Lipinski definition) is 2. The summed E-state index contributed by atoms with van der Waals surface area (Å²) in [5, 5.41) is 10.3. The van der Waals surface area contributed by atoms with Gasteiger partial charge >= 0.3 is 0 Å². The molecule has 1 aliphatic rings.